The monoisotopic (exact) mass is 251 g/mol. The van der Waals surface area contributed by atoms with Crippen molar-refractivity contribution in [1.29, 1.82) is 0 Å². The first-order chi connectivity index (χ1) is 8.27. The Bertz CT molecular complexity index is 366. The molecule has 2 rings (SSSR count). The highest BCUT2D eigenvalue weighted by molar-refractivity contribution is 7.12. The lowest BCUT2D eigenvalue weighted by atomic mass is 10.0. The van der Waals surface area contributed by atoms with Crippen LogP contribution in [0.3, 0.4) is 0 Å². The molecule has 1 amide bonds. The van der Waals surface area contributed by atoms with Gasteiger partial charge in [-0.05, 0) is 42.7 Å². The fourth-order valence-electron chi connectivity index (χ4n) is 2.58. The van der Waals surface area contributed by atoms with Gasteiger partial charge in [0, 0.05) is 6.54 Å². The summed E-state index contributed by atoms with van der Waals surface area (Å²) >= 11 is 1.53. The average molecular weight is 251 g/mol. The minimum atomic E-state index is 0.101. The van der Waals surface area contributed by atoms with Gasteiger partial charge in [-0.25, -0.2) is 0 Å². The van der Waals surface area contributed by atoms with E-state index >= 15 is 0 Å². The molecule has 3 heteroatoms. The Labute approximate surface area is 107 Å². The van der Waals surface area contributed by atoms with Gasteiger partial charge < -0.3 is 5.32 Å². The van der Waals surface area contributed by atoms with Crippen LogP contribution >= 0.6 is 11.3 Å². The molecule has 0 unspecified atom stereocenters. The van der Waals surface area contributed by atoms with Crippen LogP contribution in [0.1, 0.15) is 53.8 Å². The molecule has 1 heterocycles. The topological polar surface area (TPSA) is 29.1 Å². The molecule has 0 spiro atoms. The Hall–Kier alpha value is -0.830. The minimum absolute atomic E-state index is 0.101. The molecule has 1 fully saturated rings. The standard InChI is InChI=1S/C14H21NOS/c1-11-8-10-17-13(11)14(16)15-9-4-7-12-5-2-3-6-12/h8,10,12H,2-7,9H2,1H3,(H,15,16). The summed E-state index contributed by atoms with van der Waals surface area (Å²) in [4.78, 5) is 12.7. The Morgan fingerprint density at radius 2 is 2.24 bits per heavy atom. The minimum Gasteiger partial charge on any atom is -0.351 e. The van der Waals surface area contributed by atoms with Crippen molar-refractivity contribution >= 4 is 17.2 Å². The van der Waals surface area contributed by atoms with Crippen LogP contribution in [0.5, 0.6) is 0 Å². The van der Waals surface area contributed by atoms with Crippen molar-refractivity contribution in [2.45, 2.75) is 45.4 Å². The van der Waals surface area contributed by atoms with E-state index in [9.17, 15) is 4.79 Å². The summed E-state index contributed by atoms with van der Waals surface area (Å²) in [7, 11) is 0. The largest absolute Gasteiger partial charge is 0.351 e. The van der Waals surface area contributed by atoms with Crippen molar-refractivity contribution in [3.63, 3.8) is 0 Å². The molecule has 0 atom stereocenters. The maximum Gasteiger partial charge on any atom is 0.261 e. The van der Waals surface area contributed by atoms with E-state index in [1.165, 1.54) is 43.4 Å². The van der Waals surface area contributed by atoms with Gasteiger partial charge in [0.2, 0.25) is 0 Å². The van der Waals surface area contributed by atoms with E-state index in [1.54, 1.807) is 0 Å². The molecule has 1 N–H and O–H groups in total. The first-order valence-corrected chi connectivity index (χ1v) is 7.47. The van der Waals surface area contributed by atoms with Gasteiger partial charge in [-0.2, -0.15) is 0 Å². The lowest BCUT2D eigenvalue weighted by Crippen LogP contribution is -2.24. The number of hydrogen-bond acceptors (Lipinski definition) is 2. The lowest BCUT2D eigenvalue weighted by molar-refractivity contribution is 0.0956. The van der Waals surface area contributed by atoms with Gasteiger partial charge in [0.25, 0.3) is 5.91 Å². The van der Waals surface area contributed by atoms with Crippen molar-refractivity contribution in [2.75, 3.05) is 6.54 Å². The normalized spacial score (nSPS) is 16.3. The molecular weight excluding hydrogens is 230 g/mol. The molecule has 1 aliphatic carbocycles. The Kier molecular flexibility index (Phi) is 4.60. The van der Waals surface area contributed by atoms with Crippen molar-refractivity contribution < 1.29 is 4.79 Å². The van der Waals surface area contributed by atoms with Gasteiger partial charge in [0.05, 0.1) is 4.88 Å². The summed E-state index contributed by atoms with van der Waals surface area (Å²) in [5, 5.41) is 5.00. The van der Waals surface area contributed by atoms with Gasteiger partial charge in [0.1, 0.15) is 0 Å². The Morgan fingerprint density at radius 3 is 2.88 bits per heavy atom. The smallest absolute Gasteiger partial charge is 0.261 e. The number of rotatable bonds is 5. The van der Waals surface area contributed by atoms with Crippen LogP contribution in [0, 0.1) is 12.8 Å². The molecule has 2 nitrogen and oxygen atoms in total. The Balaban J connectivity index is 1.65. The van der Waals surface area contributed by atoms with Crippen molar-refractivity contribution in [2.24, 2.45) is 5.92 Å². The van der Waals surface area contributed by atoms with E-state index in [0.717, 1.165) is 29.3 Å². The predicted molar refractivity (Wildman–Crippen MR) is 72.6 cm³/mol. The van der Waals surface area contributed by atoms with Gasteiger partial charge in [-0.3, -0.25) is 4.79 Å². The number of hydrogen-bond donors (Lipinski definition) is 1. The third-order valence-electron chi connectivity index (χ3n) is 3.62. The molecule has 0 radical (unpaired) electrons. The summed E-state index contributed by atoms with van der Waals surface area (Å²) < 4.78 is 0. The number of thiophene rings is 1. The van der Waals surface area contributed by atoms with E-state index in [1.807, 2.05) is 18.4 Å². The second-order valence-corrected chi connectivity index (χ2v) is 5.90. The molecule has 1 saturated carbocycles. The number of aryl methyl sites for hydroxylation is 1. The fraction of sp³-hybridized carbons (Fsp3) is 0.643. The molecule has 17 heavy (non-hydrogen) atoms. The third-order valence-corrected chi connectivity index (χ3v) is 4.63. The van der Waals surface area contributed by atoms with Gasteiger partial charge >= 0.3 is 0 Å². The first kappa shape index (κ1) is 12.6. The van der Waals surface area contributed by atoms with Crippen LogP contribution in [0.2, 0.25) is 0 Å². The highest BCUT2D eigenvalue weighted by Crippen LogP contribution is 2.28. The predicted octanol–water partition coefficient (Wildman–Crippen LogP) is 3.76. The fourth-order valence-corrected chi connectivity index (χ4v) is 3.42. The van der Waals surface area contributed by atoms with Crippen molar-refractivity contribution in [3.05, 3.63) is 21.9 Å². The maximum absolute atomic E-state index is 11.8. The summed E-state index contributed by atoms with van der Waals surface area (Å²) in [6.07, 6.45) is 8.03. The molecule has 0 aromatic carbocycles. The summed E-state index contributed by atoms with van der Waals surface area (Å²) in [6.45, 7) is 2.82. The second-order valence-electron chi connectivity index (χ2n) is 4.98. The van der Waals surface area contributed by atoms with Crippen LogP contribution in [0.4, 0.5) is 0 Å². The van der Waals surface area contributed by atoms with Crippen LogP contribution in [0.25, 0.3) is 0 Å². The number of carbonyl (C=O) groups is 1. The van der Waals surface area contributed by atoms with Crippen LogP contribution in [0.15, 0.2) is 11.4 Å². The van der Waals surface area contributed by atoms with E-state index in [-0.39, 0.29) is 5.91 Å². The van der Waals surface area contributed by atoms with Crippen LogP contribution in [-0.4, -0.2) is 12.5 Å². The zero-order chi connectivity index (χ0) is 12.1. The maximum atomic E-state index is 11.8. The molecule has 94 valence electrons. The number of amides is 1. The van der Waals surface area contributed by atoms with E-state index in [4.69, 9.17) is 0 Å². The molecule has 0 bridgehead atoms. The average Bonchev–Trinajstić information content (AvgIpc) is 2.95. The second kappa shape index (κ2) is 6.20. The number of nitrogens with one attached hydrogen (secondary N) is 1. The Morgan fingerprint density at radius 1 is 1.47 bits per heavy atom. The van der Waals surface area contributed by atoms with Crippen molar-refractivity contribution in [1.82, 2.24) is 5.32 Å². The van der Waals surface area contributed by atoms with Gasteiger partial charge in [0.15, 0.2) is 0 Å². The molecule has 1 aromatic rings. The molecule has 0 aliphatic heterocycles. The van der Waals surface area contributed by atoms with E-state index in [0.29, 0.717) is 0 Å². The summed E-state index contributed by atoms with van der Waals surface area (Å²) in [5.74, 6) is 1.03. The molecule has 1 aromatic heterocycles. The van der Waals surface area contributed by atoms with Crippen LogP contribution in [-0.2, 0) is 0 Å². The molecule has 1 aliphatic rings. The van der Waals surface area contributed by atoms with Crippen LogP contribution < -0.4 is 5.32 Å². The quantitative estimate of drug-likeness (QED) is 0.793. The SMILES string of the molecule is Cc1ccsc1C(=O)NCCCC1CCCC1. The molecule has 0 saturated heterocycles. The van der Waals surface area contributed by atoms with E-state index < -0.39 is 0 Å². The lowest BCUT2D eigenvalue weighted by Gasteiger charge is -2.09. The summed E-state index contributed by atoms with van der Waals surface area (Å²) in [5.41, 5.74) is 1.09. The third kappa shape index (κ3) is 3.56. The highest BCUT2D eigenvalue weighted by atomic mass is 32.1. The molecular formula is C14H21NOS. The van der Waals surface area contributed by atoms with Gasteiger partial charge in [-0.1, -0.05) is 25.7 Å². The summed E-state index contributed by atoms with van der Waals surface area (Å²) in [6, 6.07) is 2.00. The first-order valence-electron chi connectivity index (χ1n) is 6.59. The number of carbonyl (C=O) groups excluding carboxylic acids is 1. The van der Waals surface area contributed by atoms with Crippen molar-refractivity contribution in [3.8, 4) is 0 Å². The highest BCUT2D eigenvalue weighted by Gasteiger charge is 2.14. The van der Waals surface area contributed by atoms with Gasteiger partial charge in [-0.15, -0.1) is 11.3 Å². The van der Waals surface area contributed by atoms with E-state index in [2.05, 4.69) is 5.32 Å². The zero-order valence-corrected chi connectivity index (χ0v) is 11.3. The zero-order valence-electron chi connectivity index (χ0n) is 10.5.